The first-order chi connectivity index (χ1) is 11.8. The van der Waals surface area contributed by atoms with E-state index >= 15 is 0 Å². The quantitative estimate of drug-likeness (QED) is 0.836. The molecule has 132 valence electrons. The number of carbonyl (C=O) groups is 2. The highest BCUT2D eigenvalue weighted by Gasteiger charge is 2.16. The van der Waals surface area contributed by atoms with Gasteiger partial charge in [0.15, 0.2) is 5.75 Å². The Morgan fingerprint density at radius 1 is 0.920 bits per heavy atom. The Kier molecular flexibility index (Phi) is 6.17. The summed E-state index contributed by atoms with van der Waals surface area (Å²) in [5, 5.41) is 5.41. The lowest BCUT2D eigenvalue weighted by Crippen LogP contribution is -2.34. The first-order valence-electron chi connectivity index (χ1n) is 8.22. The molecule has 2 aromatic rings. The molecule has 0 saturated heterocycles. The third-order valence-corrected chi connectivity index (χ3v) is 3.27. The summed E-state index contributed by atoms with van der Waals surface area (Å²) in [4.78, 5) is 23.9. The molecule has 2 N–H and O–H groups in total. The van der Waals surface area contributed by atoms with Gasteiger partial charge in [-0.15, -0.1) is 0 Å². The van der Waals surface area contributed by atoms with Crippen molar-refractivity contribution in [2.24, 2.45) is 5.41 Å². The van der Waals surface area contributed by atoms with Crippen molar-refractivity contribution in [3.8, 4) is 11.5 Å². The molecule has 5 heteroatoms. The van der Waals surface area contributed by atoms with Crippen LogP contribution in [-0.2, 0) is 9.59 Å². The molecule has 0 heterocycles. The molecule has 25 heavy (non-hydrogen) atoms. The van der Waals surface area contributed by atoms with Gasteiger partial charge in [0, 0.05) is 6.42 Å². The Morgan fingerprint density at radius 3 is 2.24 bits per heavy atom. The fraction of sp³-hybridized carbons (Fsp3) is 0.300. The van der Waals surface area contributed by atoms with Crippen LogP contribution in [0.15, 0.2) is 54.6 Å². The predicted octanol–water partition coefficient (Wildman–Crippen LogP) is 3.97. The van der Waals surface area contributed by atoms with E-state index in [-0.39, 0.29) is 23.8 Å². The van der Waals surface area contributed by atoms with Crippen molar-refractivity contribution < 1.29 is 14.3 Å². The third kappa shape index (κ3) is 6.67. The smallest absolute Gasteiger partial charge is 0.243 e. The van der Waals surface area contributed by atoms with E-state index in [1.807, 2.05) is 63.2 Å². The van der Waals surface area contributed by atoms with Crippen molar-refractivity contribution in [1.82, 2.24) is 5.32 Å². The summed E-state index contributed by atoms with van der Waals surface area (Å²) in [6, 6.07) is 16.5. The minimum Gasteiger partial charge on any atom is -0.455 e. The molecule has 0 fully saturated rings. The lowest BCUT2D eigenvalue weighted by molar-refractivity contribution is -0.125. The van der Waals surface area contributed by atoms with Crippen LogP contribution in [0.1, 0.15) is 27.2 Å². The van der Waals surface area contributed by atoms with Gasteiger partial charge in [-0.25, -0.2) is 0 Å². The van der Waals surface area contributed by atoms with Crippen LogP contribution in [0.25, 0.3) is 0 Å². The van der Waals surface area contributed by atoms with Crippen LogP contribution in [0.4, 0.5) is 5.69 Å². The third-order valence-electron chi connectivity index (χ3n) is 3.27. The van der Waals surface area contributed by atoms with Gasteiger partial charge >= 0.3 is 0 Å². The molecule has 0 aliphatic rings. The van der Waals surface area contributed by atoms with Crippen molar-refractivity contribution in [2.75, 3.05) is 11.9 Å². The molecule has 0 aliphatic heterocycles. The summed E-state index contributed by atoms with van der Waals surface area (Å²) < 4.78 is 5.80. The molecule has 0 aromatic heterocycles. The van der Waals surface area contributed by atoms with Crippen molar-refractivity contribution in [3.05, 3.63) is 54.6 Å². The maximum absolute atomic E-state index is 12.1. The molecule has 0 radical (unpaired) electrons. The van der Waals surface area contributed by atoms with Gasteiger partial charge in [0.1, 0.15) is 5.75 Å². The summed E-state index contributed by atoms with van der Waals surface area (Å²) in [5.41, 5.74) is 0.442. The average molecular weight is 340 g/mol. The van der Waals surface area contributed by atoms with Crippen LogP contribution in [0.3, 0.4) is 0 Å². The average Bonchev–Trinajstić information content (AvgIpc) is 2.54. The SMILES string of the molecule is CC(C)(C)CC(=O)NCC(=O)Nc1ccccc1Oc1ccccc1. The van der Waals surface area contributed by atoms with Crippen LogP contribution in [-0.4, -0.2) is 18.4 Å². The molecular weight excluding hydrogens is 316 g/mol. The zero-order valence-corrected chi connectivity index (χ0v) is 14.8. The van der Waals surface area contributed by atoms with Crippen molar-refractivity contribution in [2.45, 2.75) is 27.2 Å². The molecule has 2 amide bonds. The lowest BCUT2D eigenvalue weighted by Gasteiger charge is -2.17. The molecule has 0 atom stereocenters. The zero-order chi connectivity index (χ0) is 18.3. The highest BCUT2D eigenvalue weighted by atomic mass is 16.5. The first-order valence-corrected chi connectivity index (χ1v) is 8.22. The Hall–Kier alpha value is -2.82. The second kappa shape index (κ2) is 8.33. The maximum atomic E-state index is 12.1. The number of para-hydroxylation sites is 3. The Bertz CT molecular complexity index is 721. The van der Waals surface area contributed by atoms with E-state index in [2.05, 4.69) is 10.6 Å². The van der Waals surface area contributed by atoms with Crippen LogP contribution in [0.5, 0.6) is 11.5 Å². The second-order valence-corrected chi connectivity index (χ2v) is 6.97. The number of carbonyl (C=O) groups excluding carboxylic acids is 2. The molecule has 0 saturated carbocycles. The lowest BCUT2D eigenvalue weighted by atomic mass is 9.92. The van der Waals surface area contributed by atoms with Gasteiger partial charge < -0.3 is 15.4 Å². The number of hydrogen-bond acceptors (Lipinski definition) is 3. The number of ether oxygens (including phenoxy) is 1. The summed E-state index contributed by atoms with van der Waals surface area (Å²) in [6.07, 6.45) is 0.369. The number of hydrogen-bond donors (Lipinski definition) is 2. The van der Waals surface area contributed by atoms with E-state index in [1.165, 1.54) is 0 Å². The van der Waals surface area contributed by atoms with Crippen LogP contribution < -0.4 is 15.4 Å². The fourth-order valence-corrected chi connectivity index (χ4v) is 2.19. The topological polar surface area (TPSA) is 67.4 Å². The van der Waals surface area contributed by atoms with Gasteiger partial charge in [-0.3, -0.25) is 9.59 Å². The Balaban J connectivity index is 1.94. The number of rotatable bonds is 6. The molecule has 5 nitrogen and oxygen atoms in total. The van der Waals surface area contributed by atoms with E-state index < -0.39 is 0 Å². The molecule has 2 rings (SSSR count). The number of amides is 2. The second-order valence-electron chi connectivity index (χ2n) is 6.97. The zero-order valence-electron chi connectivity index (χ0n) is 14.8. The number of benzene rings is 2. The van der Waals surface area contributed by atoms with E-state index in [9.17, 15) is 9.59 Å². The molecule has 0 spiro atoms. The van der Waals surface area contributed by atoms with Crippen LogP contribution in [0.2, 0.25) is 0 Å². The highest BCUT2D eigenvalue weighted by Crippen LogP contribution is 2.28. The molecule has 0 unspecified atom stereocenters. The van der Waals surface area contributed by atoms with Gasteiger partial charge in [0.05, 0.1) is 12.2 Å². The summed E-state index contributed by atoms with van der Waals surface area (Å²) in [5.74, 6) is 0.786. The Labute approximate surface area is 148 Å². The largest absolute Gasteiger partial charge is 0.455 e. The first kappa shape index (κ1) is 18.5. The van der Waals surface area contributed by atoms with E-state index in [0.29, 0.717) is 23.6 Å². The highest BCUT2D eigenvalue weighted by molar-refractivity contribution is 5.95. The van der Waals surface area contributed by atoms with E-state index in [0.717, 1.165) is 0 Å². The van der Waals surface area contributed by atoms with Crippen LogP contribution >= 0.6 is 0 Å². The number of nitrogens with one attached hydrogen (secondary N) is 2. The molecule has 0 bridgehead atoms. The Morgan fingerprint density at radius 2 is 1.56 bits per heavy atom. The van der Waals surface area contributed by atoms with Crippen molar-refractivity contribution in [3.63, 3.8) is 0 Å². The van der Waals surface area contributed by atoms with Gasteiger partial charge in [-0.2, -0.15) is 0 Å². The standard InChI is InChI=1S/C20H24N2O3/c1-20(2,3)13-18(23)21-14-19(24)22-16-11-7-8-12-17(16)25-15-9-5-4-6-10-15/h4-12H,13-14H2,1-3H3,(H,21,23)(H,22,24). The van der Waals surface area contributed by atoms with Crippen molar-refractivity contribution in [1.29, 1.82) is 0 Å². The molecular formula is C20H24N2O3. The number of anilines is 1. The van der Waals surface area contributed by atoms with Gasteiger partial charge in [-0.05, 0) is 29.7 Å². The van der Waals surface area contributed by atoms with Gasteiger partial charge in [-0.1, -0.05) is 51.1 Å². The monoisotopic (exact) mass is 340 g/mol. The summed E-state index contributed by atoms with van der Waals surface area (Å²) in [7, 11) is 0. The maximum Gasteiger partial charge on any atom is 0.243 e. The van der Waals surface area contributed by atoms with Crippen LogP contribution in [0, 0.1) is 5.41 Å². The van der Waals surface area contributed by atoms with E-state index in [1.54, 1.807) is 12.1 Å². The summed E-state index contributed by atoms with van der Waals surface area (Å²) in [6.45, 7) is 5.85. The molecule has 2 aromatic carbocycles. The molecule has 0 aliphatic carbocycles. The van der Waals surface area contributed by atoms with Crippen molar-refractivity contribution >= 4 is 17.5 Å². The van der Waals surface area contributed by atoms with E-state index in [4.69, 9.17) is 4.74 Å². The predicted molar refractivity (Wildman–Crippen MR) is 98.7 cm³/mol. The van der Waals surface area contributed by atoms with Gasteiger partial charge in [0.2, 0.25) is 11.8 Å². The van der Waals surface area contributed by atoms with Gasteiger partial charge in [0.25, 0.3) is 0 Å². The normalized spacial score (nSPS) is 10.8. The summed E-state index contributed by atoms with van der Waals surface area (Å²) >= 11 is 0. The fourth-order valence-electron chi connectivity index (χ4n) is 2.19. The minimum absolute atomic E-state index is 0.0748. The minimum atomic E-state index is -0.300.